The van der Waals surface area contributed by atoms with Gasteiger partial charge in [0.2, 0.25) is 0 Å². The van der Waals surface area contributed by atoms with Gasteiger partial charge in [0, 0.05) is 0 Å². The van der Waals surface area contributed by atoms with Gasteiger partial charge in [-0.25, -0.2) is 0 Å². The van der Waals surface area contributed by atoms with Gasteiger partial charge in [-0.15, -0.1) is 0 Å². The van der Waals surface area contributed by atoms with E-state index in [2.05, 4.69) is 11.8 Å². The average Bonchev–Trinajstić information content (AvgIpc) is 2.80. The average molecular weight is 224 g/mol. The van der Waals surface area contributed by atoms with Crippen LogP contribution in [-0.2, 0) is 6.54 Å². The van der Waals surface area contributed by atoms with Gasteiger partial charge in [0.1, 0.15) is 5.76 Å². The number of furan rings is 1. The molecular weight excluding hydrogens is 200 g/mol. The van der Waals surface area contributed by atoms with Crippen LogP contribution in [0.4, 0.5) is 0 Å². The number of nitrogens with zero attached hydrogens (tertiary/aromatic N) is 1. The Hall–Kier alpha value is -0.800. The van der Waals surface area contributed by atoms with Gasteiger partial charge in [-0.2, -0.15) is 0 Å². The van der Waals surface area contributed by atoms with Gasteiger partial charge in [-0.05, 0) is 44.6 Å². The molecule has 16 heavy (non-hydrogen) atoms. The first-order valence-electron chi connectivity index (χ1n) is 6.31. The van der Waals surface area contributed by atoms with E-state index in [1.165, 1.54) is 19.3 Å². The molecule has 0 amide bonds. The van der Waals surface area contributed by atoms with E-state index < -0.39 is 0 Å². The molecule has 1 rings (SSSR count). The second kappa shape index (κ2) is 8.36. The predicted molar refractivity (Wildman–Crippen MR) is 67.2 cm³/mol. The first-order valence-corrected chi connectivity index (χ1v) is 6.31. The summed E-state index contributed by atoms with van der Waals surface area (Å²) in [5.41, 5.74) is 5.46. The van der Waals surface area contributed by atoms with Crippen LogP contribution in [0.5, 0.6) is 0 Å². The van der Waals surface area contributed by atoms with E-state index in [9.17, 15) is 0 Å². The van der Waals surface area contributed by atoms with Crippen molar-refractivity contribution in [2.24, 2.45) is 5.73 Å². The Morgan fingerprint density at radius 1 is 1.25 bits per heavy atom. The molecule has 0 bridgehead atoms. The smallest absolute Gasteiger partial charge is 0.117 e. The summed E-state index contributed by atoms with van der Waals surface area (Å²) in [6.07, 6.45) is 6.70. The quantitative estimate of drug-likeness (QED) is 0.656. The number of unbranched alkanes of at least 4 members (excludes halogenated alkanes) is 3. The summed E-state index contributed by atoms with van der Waals surface area (Å²) >= 11 is 0. The largest absolute Gasteiger partial charge is 0.468 e. The molecule has 0 saturated carbocycles. The number of hydrogen-bond donors (Lipinski definition) is 1. The molecule has 0 atom stereocenters. The van der Waals surface area contributed by atoms with Crippen LogP contribution < -0.4 is 5.73 Å². The van der Waals surface area contributed by atoms with Crippen LogP contribution in [0.3, 0.4) is 0 Å². The molecule has 0 saturated heterocycles. The van der Waals surface area contributed by atoms with E-state index >= 15 is 0 Å². The Morgan fingerprint density at radius 2 is 2.06 bits per heavy atom. The van der Waals surface area contributed by atoms with Crippen molar-refractivity contribution < 1.29 is 4.42 Å². The molecule has 1 aromatic rings. The molecule has 2 N–H and O–H groups in total. The van der Waals surface area contributed by atoms with E-state index in [-0.39, 0.29) is 0 Å². The highest BCUT2D eigenvalue weighted by molar-refractivity contribution is 4.97. The third-order valence-corrected chi connectivity index (χ3v) is 2.84. The summed E-state index contributed by atoms with van der Waals surface area (Å²) in [5, 5.41) is 0. The van der Waals surface area contributed by atoms with Gasteiger partial charge in [0.05, 0.1) is 12.8 Å². The molecule has 0 aliphatic rings. The zero-order chi connectivity index (χ0) is 11.6. The van der Waals surface area contributed by atoms with Crippen molar-refractivity contribution >= 4 is 0 Å². The van der Waals surface area contributed by atoms with Crippen molar-refractivity contribution in [2.75, 3.05) is 19.6 Å². The highest BCUT2D eigenvalue weighted by Gasteiger charge is 2.04. The molecular formula is C13H24N2O. The van der Waals surface area contributed by atoms with E-state index in [1.807, 2.05) is 12.1 Å². The molecule has 1 heterocycles. The molecule has 0 aromatic carbocycles. The van der Waals surface area contributed by atoms with Crippen molar-refractivity contribution in [3.8, 4) is 0 Å². The normalized spacial score (nSPS) is 11.2. The van der Waals surface area contributed by atoms with Crippen molar-refractivity contribution in [1.82, 2.24) is 4.90 Å². The topological polar surface area (TPSA) is 42.4 Å². The van der Waals surface area contributed by atoms with Gasteiger partial charge in [0.25, 0.3) is 0 Å². The van der Waals surface area contributed by atoms with Crippen LogP contribution in [0.15, 0.2) is 22.8 Å². The molecule has 0 spiro atoms. The minimum atomic E-state index is 0.823. The maximum atomic E-state index is 5.46. The zero-order valence-electron chi connectivity index (χ0n) is 10.3. The summed E-state index contributed by atoms with van der Waals surface area (Å²) in [6, 6.07) is 3.99. The predicted octanol–water partition coefficient (Wildman–Crippen LogP) is 2.62. The first-order chi connectivity index (χ1) is 7.86. The third-order valence-electron chi connectivity index (χ3n) is 2.84. The van der Waals surface area contributed by atoms with Crippen LogP contribution in [0.1, 0.15) is 38.4 Å². The molecule has 0 radical (unpaired) electrons. The van der Waals surface area contributed by atoms with Crippen LogP contribution >= 0.6 is 0 Å². The molecule has 0 fully saturated rings. The summed E-state index contributed by atoms with van der Waals surface area (Å²) in [4.78, 5) is 2.42. The molecule has 0 aliphatic carbocycles. The van der Waals surface area contributed by atoms with E-state index in [4.69, 9.17) is 10.2 Å². The molecule has 0 unspecified atom stereocenters. The van der Waals surface area contributed by atoms with Gasteiger partial charge < -0.3 is 10.2 Å². The Morgan fingerprint density at radius 3 is 2.69 bits per heavy atom. The van der Waals surface area contributed by atoms with E-state index in [1.54, 1.807) is 6.26 Å². The Labute approximate surface area is 98.6 Å². The van der Waals surface area contributed by atoms with Gasteiger partial charge in [-0.1, -0.05) is 19.8 Å². The molecule has 0 aliphatic heterocycles. The first kappa shape index (κ1) is 13.3. The number of nitrogens with two attached hydrogens (primary N) is 1. The van der Waals surface area contributed by atoms with Crippen molar-refractivity contribution in [3.05, 3.63) is 24.2 Å². The van der Waals surface area contributed by atoms with Crippen molar-refractivity contribution in [1.29, 1.82) is 0 Å². The van der Waals surface area contributed by atoms with Crippen LogP contribution in [0.2, 0.25) is 0 Å². The summed E-state index contributed by atoms with van der Waals surface area (Å²) in [7, 11) is 0. The number of rotatable bonds is 9. The van der Waals surface area contributed by atoms with Crippen LogP contribution in [-0.4, -0.2) is 24.5 Å². The lowest BCUT2D eigenvalue weighted by Crippen LogP contribution is -2.23. The third kappa shape index (κ3) is 5.33. The van der Waals surface area contributed by atoms with E-state index in [0.717, 1.165) is 38.4 Å². The highest BCUT2D eigenvalue weighted by Crippen LogP contribution is 2.07. The van der Waals surface area contributed by atoms with Crippen LogP contribution in [0, 0.1) is 0 Å². The minimum Gasteiger partial charge on any atom is -0.468 e. The SMILES string of the molecule is CCN(CCCCCCN)Cc1ccco1. The lowest BCUT2D eigenvalue weighted by Gasteiger charge is -2.18. The second-order valence-corrected chi connectivity index (χ2v) is 4.15. The molecule has 3 heteroatoms. The lowest BCUT2D eigenvalue weighted by atomic mass is 10.2. The fourth-order valence-corrected chi connectivity index (χ4v) is 1.81. The Balaban J connectivity index is 2.12. The molecule has 1 aromatic heterocycles. The monoisotopic (exact) mass is 224 g/mol. The van der Waals surface area contributed by atoms with Gasteiger partial charge in [0.15, 0.2) is 0 Å². The molecule has 3 nitrogen and oxygen atoms in total. The van der Waals surface area contributed by atoms with Gasteiger partial charge >= 0.3 is 0 Å². The summed E-state index contributed by atoms with van der Waals surface area (Å²) in [5.74, 6) is 1.06. The molecule has 92 valence electrons. The second-order valence-electron chi connectivity index (χ2n) is 4.15. The fourth-order valence-electron chi connectivity index (χ4n) is 1.81. The van der Waals surface area contributed by atoms with Crippen molar-refractivity contribution in [3.63, 3.8) is 0 Å². The minimum absolute atomic E-state index is 0.823. The van der Waals surface area contributed by atoms with E-state index in [0.29, 0.717) is 0 Å². The summed E-state index contributed by atoms with van der Waals surface area (Å²) in [6.45, 7) is 6.19. The summed E-state index contributed by atoms with van der Waals surface area (Å²) < 4.78 is 5.35. The fraction of sp³-hybridized carbons (Fsp3) is 0.692. The lowest BCUT2D eigenvalue weighted by molar-refractivity contribution is 0.250. The van der Waals surface area contributed by atoms with Crippen molar-refractivity contribution in [2.45, 2.75) is 39.2 Å². The number of hydrogen-bond acceptors (Lipinski definition) is 3. The zero-order valence-corrected chi connectivity index (χ0v) is 10.3. The maximum absolute atomic E-state index is 5.46. The van der Waals surface area contributed by atoms with Gasteiger partial charge in [-0.3, -0.25) is 4.90 Å². The Kier molecular flexibility index (Phi) is 6.93. The highest BCUT2D eigenvalue weighted by atomic mass is 16.3. The van der Waals surface area contributed by atoms with Crippen LogP contribution in [0.25, 0.3) is 0 Å². The Bertz CT molecular complexity index is 246. The maximum Gasteiger partial charge on any atom is 0.117 e. The standard InChI is InChI=1S/C13H24N2O/c1-2-15(10-6-4-3-5-9-14)12-13-8-7-11-16-13/h7-8,11H,2-6,9-10,12,14H2,1H3.